The molecule has 3 saturated carbocycles. The molecule has 1 aromatic rings. The van der Waals surface area contributed by atoms with E-state index in [2.05, 4.69) is 32.1 Å². The van der Waals surface area contributed by atoms with Crippen LogP contribution in [0.1, 0.15) is 64.4 Å². The lowest BCUT2D eigenvalue weighted by Crippen LogP contribution is -2.50. The summed E-state index contributed by atoms with van der Waals surface area (Å²) in [6.45, 7) is 4.64. The minimum atomic E-state index is -0.191. The summed E-state index contributed by atoms with van der Waals surface area (Å²) in [6, 6.07) is 10.3. The monoisotopic (exact) mass is 374 g/mol. The van der Waals surface area contributed by atoms with E-state index in [-0.39, 0.29) is 10.8 Å². The number of Topliss-reactive ketones (excluding diaryl/α,β-unsaturated/α-hetero) is 1. The highest BCUT2D eigenvalue weighted by Gasteiger charge is 2.60. The maximum Gasteiger partial charge on any atom is 0.165 e. The molecule has 0 saturated heterocycles. The molecule has 0 unspecified atom stereocenters. The zero-order valence-corrected chi connectivity index (χ0v) is 17.0. The second-order valence-electron chi connectivity index (χ2n) is 10.0. The van der Waals surface area contributed by atoms with Gasteiger partial charge in [-0.1, -0.05) is 49.8 Å². The molecule has 0 aromatic heterocycles. The van der Waals surface area contributed by atoms with Gasteiger partial charge in [0.1, 0.15) is 0 Å². The van der Waals surface area contributed by atoms with Gasteiger partial charge in [0.05, 0.1) is 0 Å². The molecule has 0 spiro atoms. The number of allylic oxidation sites excluding steroid dienone is 2. The topological polar surface area (TPSA) is 34.1 Å². The fraction of sp³-hybridized carbons (Fsp3) is 0.538. The third-order valence-corrected chi connectivity index (χ3v) is 8.74. The van der Waals surface area contributed by atoms with Crippen molar-refractivity contribution in [3.05, 3.63) is 53.1 Å². The zero-order valence-electron chi connectivity index (χ0n) is 17.0. The predicted octanol–water partition coefficient (Wildman–Crippen LogP) is 5.78. The van der Waals surface area contributed by atoms with Crippen LogP contribution in [0.4, 0.5) is 0 Å². The standard InChI is InChI=1S/C26H30O2/c1-25-12-10-20(27)16-19(25)8-9-21-22(25)11-13-26(2)23(21)15-18(24(26)28)14-17-6-4-3-5-7-17/h3-7,14,16,21-23H,8-13,15H2,1-2H3/b18-14-/t21-,22+,23+,25+,26+/m1/s1. The Morgan fingerprint density at radius 2 is 1.71 bits per heavy atom. The Labute approximate surface area is 168 Å². The molecule has 2 nitrogen and oxygen atoms in total. The molecule has 2 heteroatoms. The van der Waals surface area contributed by atoms with E-state index in [4.69, 9.17) is 0 Å². The Bertz CT molecular complexity index is 892. The Kier molecular flexibility index (Phi) is 4.05. The lowest BCUT2D eigenvalue weighted by atomic mass is 9.47. The molecule has 0 N–H and O–H groups in total. The summed E-state index contributed by atoms with van der Waals surface area (Å²) in [5.41, 5.74) is 3.55. The minimum absolute atomic E-state index is 0.174. The molecule has 28 heavy (non-hydrogen) atoms. The average Bonchev–Trinajstić information content (AvgIpc) is 2.94. The normalized spacial score (nSPS) is 41.3. The third kappa shape index (κ3) is 2.53. The van der Waals surface area contributed by atoms with Gasteiger partial charge in [0.2, 0.25) is 0 Å². The smallest absolute Gasteiger partial charge is 0.165 e. The van der Waals surface area contributed by atoms with Crippen LogP contribution in [-0.4, -0.2) is 11.6 Å². The van der Waals surface area contributed by atoms with Crippen LogP contribution in [0.15, 0.2) is 47.6 Å². The van der Waals surface area contributed by atoms with Crippen molar-refractivity contribution in [1.29, 1.82) is 0 Å². The highest BCUT2D eigenvalue weighted by atomic mass is 16.1. The molecular formula is C26H30O2. The van der Waals surface area contributed by atoms with Gasteiger partial charge in [-0.25, -0.2) is 0 Å². The van der Waals surface area contributed by atoms with Gasteiger partial charge in [0, 0.05) is 11.8 Å². The van der Waals surface area contributed by atoms with Crippen molar-refractivity contribution in [2.24, 2.45) is 28.6 Å². The summed E-state index contributed by atoms with van der Waals surface area (Å²) in [6.07, 6.45) is 11.0. The van der Waals surface area contributed by atoms with Gasteiger partial charge in [0.15, 0.2) is 11.6 Å². The van der Waals surface area contributed by atoms with Gasteiger partial charge in [0.25, 0.3) is 0 Å². The molecule has 5 rings (SSSR count). The van der Waals surface area contributed by atoms with Crippen molar-refractivity contribution in [3.63, 3.8) is 0 Å². The van der Waals surface area contributed by atoms with E-state index in [1.165, 1.54) is 5.57 Å². The number of hydrogen-bond acceptors (Lipinski definition) is 2. The second kappa shape index (κ2) is 6.27. The number of fused-ring (bicyclic) bond motifs is 5. The molecule has 0 aliphatic heterocycles. The highest BCUT2D eigenvalue weighted by molar-refractivity contribution is 6.06. The molecule has 4 aliphatic carbocycles. The van der Waals surface area contributed by atoms with Gasteiger partial charge in [-0.3, -0.25) is 9.59 Å². The molecule has 5 atom stereocenters. The quantitative estimate of drug-likeness (QED) is 0.584. The Morgan fingerprint density at radius 1 is 0.929 bits per heavy atom. The van der Waals surface area contributed by atoms with Crippen LogP contribution in [0, 0.1) is 28.6 Å². The molecular weight excluding hydrogens is 344 g/mol. The maximum atomic E-state index is 13.4. The van der Waals surface area contributed by atoms with Crippen molar-refractivity contribution in [3.8, 4) is 0 Å². The third-order valence-electron chi connectivity index (χ3n) is 8.74. The van der Waals surface area contributed by atoms with Crippen LogP contribution < -0.4 is 0 Å². The van der Waals surface area contributed by atoms with Gasteiger partial charge < -0.3 is 0 Å². The Hall–Kier alpha value is -1.96. The SMILES string of the molecule is C[C@]12CCC(=O)C=C1CC[C@@H]1[C@@H]2CC[C@]2(C)C(=O)/C(=C\c3ccccc3)C[C@@H]12. The first-order valence-corrected chi connectivity index (χ1v) is 11.0. The number of hydrogen-bond donors (Lipinski definition) is 0. The minimum Gasteiger partial charge on any atom is -0.295 e. The number of carbonyl (C=O) groups is 2. The van der Waals surface area contributed by atoms with Crippen LogP contribution in [0.3, 0.4) is 0 Å². The summed E-state index contributed by atoms with van der Waals surface area (Å²) < 4.78 is 0. The van der Waals surface area contributed by atoms with Crippen molar-refractivity contribution in [1.82, 2.24) is 0 Å². The molecule has 1 aromatic carbocycles. The van der Waals surface area contributed by atoms with E-state index in [0.717, 1.165) is 49.7 Å². The van der Waals surface area contributed by atoms with E-state index in [9.17, 15) is 9.59 Å². The van der Waals surface area contributed by atoms with E-state index in [0.29, 0.717) is 35.7 Å². The molecule has 4 aliphatic rings. The van der Waals surface area contributed by atoms with Crippen LogP contribution in [0.25, 0.3) is 6.08 Å². The number of rotatable bonds is 1. The lowest BCUT2D eigenvalue weighted by molar-refractivity contribution is -0.130. The van der Waals surface area contributed by atoms with Crippen LogP contribution >= 0.6 is 0 Å². The van der Waals surface area contributed by atoms with Gasteiger partial charge >= 0.3 is 0 Å². The fourth-order valence-corrected chi connectivity index (χ4v) is 7.11. The largest absolute Gasteiger partial charge is 0.295 e. The van der Waals surface area contributed by atoms with E-state index < -0.39 is 0 Å². The molecule has 3 fully saturated rings. The summed E-state index contributed by atoms with van der Waals surface area (Å²) in [4.78, 5) is 25.4. The molecule has 0 bridgehead atoms. The van der Waals surface area contributed by atoms with E-state index in [1.54, 1.807) is 0 Å². The second-order valence-corrected chi connectivity index (χ2v) is 10.0. The lowest BCUT2D eigenvalue weighted by Gasteiger charge is -2.56. The Balaban J connectivity index is 1.49. The first kappa shape index (κ1) is 18.1. The number of benzene rings is 1. The molecule has 0 radical (unpaired) electrons. The maximum absolute atomic E-state index is 13.4. The first-order chi connectivity index (χ1) is 13.4. The first-order valence-electron chi connectivity index (χ1n) is 11.0. The van der Waals surface area contributed by atoms with E-state index in [1.807, 2.05) is 24.3 Å². The highest BCUT2D eigenvalue weighted by Crippen LogP contribution is 2.65. The van der Waals surface area contributed by atoms with Gasteiger partial charge in [-0.2, -0.15) is 0 Å². The Morgan fingerprint density at radius 3 is 2.50 bits per heavy atom. The van der Waals surface area contributed by atoms with Crippen molar-refractivity contribution in [2.45, 2.75) is 58.8 Å². The number of carbonyl (C=O) groups excluding carboxylic acids is 2. The van der Waals surface area contributed by atoms with Crippen molar-refractivity contribution in [2.75, 3.05) is 0 Å². The molecule has 146 valence electrons. The molecule has 0 amide bonds. The van der Waals surface area contributed by atoms with Gasteiger partial charge in [-0.05, 0) is 85.0 Å². The summed E-state index contributed by atoms with van der Waals surface area (Å²) in [7, 11) is 0. The zero-order chi connectivity index (χ0) is 19.5. The van der Waals surface area contributed by atoms with Crippen LogP contribution in [0.2, 0.25) is 0 Å². The summed E-state index contributed by atoms with van der Waals surface area (Å²) >= 11 is 0. The number of ketones is 2. The average molecular weight is 375 g/mol. The van der Waals surface area contributed by atoms with Crippen LogP contribution in [0.5, 0.6) is 0 Å². The van der Waals surface area contributed by atoms with Gasteiger partial charge in [-0.15, -0.1) is 0 Å². The predicted molar refractivity (Wildman–Crippen MR) is 112 cm³/mol. The molecule has 0 heterocycles. The van der Waals surface area contributed by atoms with E-state index >= 15 is 0 Å². The van der Waals surface area contributed by atoms with Crippen molar-refractivity contribution >= 4 is 17.6 Å². The summed E-state index contributed by atoms with van der Waals surface area (Å²) in [5.74, 6) is 2.41. The van der Waals surface area contributed by atoms with Crippen molar-refractivity contribution < 1.29 is 9.59 Å². The summed E-state index contributed by atoms with van der Waals surface area (Å²) in [5, 5.41) is 0. The fourth-order valence-electron chi connectivity index (χ4n) is 7.11. The van der Waals surface area contributed by atoms with Crippen LogP contribution in [-0.2, 0) is 9.59 Å².